The van der Waals surface area contributed by atoms with Gasteiger partial charge in [-0.25, -0.2) is 4.39 Å². The van der Waals surface area contributed by atoms with Crippen LogP contribution in [0.3, 0.4) is 0 Å². The first-order chi connectivity index (χ1) is 12.0. The van der Waals surface area contributed by atoms with E-state index in [0.717, 1.165) is 23.2 Å². The third-order valence-corrected chi connectivity index (χ3v) is 5.21. The summed E-state index contributed by atoms with van der Waals surface area (Å²) in [4.78, 5) is 2.06. The van der Waals surface area contributed by atoms with Crippen LogP contribution < -0.4 is 0 Å². The molecule has 1 N–H and O–H groups in total. The molecule has 1 heterocycles. The second-order valence-corrected chi connectivity index (χ2v) is 7.16. The SMILES string of the molecule is CC1(CC#N)CCN(Cc2ccc(-c3ccccc3)c(O)c2)CC1F. The summed E-state index contributed by atoms with van der Waals surface area (Å²) >= 11 is 0. The van der Waals surface area contributed by atoms with E-state index in [1.54, 1.807) is 6.07 Å². The average Bonchev–Trinajstić information content (AvgIpc) is 2.60. The molecule has 2 unspecified atom stereocenters. The fraction of sp³-hybridized carbons (Fsp3) is 0.381. The van der Waals surface area contributed by atoms with Crippen molar-refractivity contribution in [2.24, 2.45) is 5.41 Å². The number of rotatable bonds is 4. The summed E-state index contributed by atoms with van der Waals surface area (Å²) < 4.78 is 14.5. The molecule has 4 heteroatoms. The molecule has 0 saturated carbocycles. The number of nitriles is 1. The maximum absolute atomic E-state index is 14.5. The molecule has 1 saturated heterocycles. The van der Waals surface area contributed by atoms with Crippen LogP contribution in [0.2, 0.25) is 0 Å². The van der Waals surface area contributed by atoms with Crippen molar-refractivity contribution < 1.29 is 9.50 Å². The summed E-state index contributed by atoms with van der Waals surface area (Å²) in [7, 11) is 0. The van der Waals surface area contributed by atoms with Crippen LogP contribution in [0.1, 0.15) is 25.3 Å². The van der Waals surface area contributed by atoms with E-state index < -0.39 is 11.6 Å². The smallest absolute Gasteiger partial charge is 0.123 e. The number of likely N-dealkylation sites (tertiary alicyclic amines) is 1. The van der Waals surface area contributed by atoms with Gasteiger partial charge in [0.25, 0.3) is 0 Å². The molecule has 130 valence electrons. The lowest BCUT2D eigenvalue weighted by atomic mass is 9.76. The quantitative estimate of drug-likeness (QED) is 0.891. The van der Waals surface area contributed by atoms with Gasteiger partial charge in [-0.2, -0.15) is 5.26 Å². The minimum atomic E-state index is -1.00. The lowest BCUT2D eigenvalue weighted by molar-refractivity contribution is 0.0186. The zero-order chi connectivity index (χ0) is 17.9. The predicted molar refractivity (Wildman–Crippen MR) is 96.7 cm³/mol. The summed E-state index contributed by atoms with van der Waals surface area (Å²) in [5, 5.41) is 19.2. The second-order valence-electron chi connectivity index (χ2n) is 7.16. The summed E-state index contributed by atoms with van der Waals surface area (Å²) in [6, 6.07) is 17.5. The summed E-state index contributed by atoms with van der Waals surface area (Å²) in [5.41, 5.74) is 2.20. The first-order valence-electron chi connectivity index (χ1n) is 8.62. The highest BCUT2D eigenvalue weighted by atomic mass is 19.1. The van der Waals surface area contributed by atoms with Crippen molar-refractivity contribution in [2.45, 2.75) is 32.5 Å². The van der Waals surface area contributed by atoms with Crippen molar-refractivity contribution in [3.05, 3.63) is 54.1 Å². The van der Waals surface area contributed by atoms with Gasteiger partial charge in [0.15, 0.2) is 0 Å². The van der Waals surface area contributed by atoms with Gasteiger partial charge < -0.3 is 5.11 Å². The van der Waals surface area contributed by atoms with Gasteiger partial charge in [-0.15, -0.1) is 0 Å². The monoisotopic (exact) mass is 338 g/mol. The molecule has 0 bridgehead atoms. The number of hydrogen-bond acceptors (Lipinski definition) is 3. The average molecular weight is 338 g/mol. The number of alkyl halides is 1. The number of phenolic OH excluding ortho intramolecular Hbond substituents is 1. The normalized spacial score (nSPS) is 24.0. The minimum Gasteiger partial charge on any atom is -0.507 e. The number of piperidine rings is 1. The molecule has 3 rings (SSSR count). The van der Waals surface area contributed by atoms with Crippen LogP contribution in [0.5, 0.6) is 5.75 Å². The number of nitrogens with zero attached hydrogens (tertiary/aromatic N) is 2. The third kappa shape index (κ3) is 3.83. The fourth-order valence-corrected chi connectivity index (χ4v) is 3.43. The standard InChI is InChI=1S/C21H23FN2O/c1-21(9-11-23)10-12-24(15-20(21)22)14-16-7-8-18(19(25)13-16)17-5-3-2-4-6-17/h2-8,13,20,25H,9-10,12,14-15H2,1H3. The van der Waals surface area contributed by atoms with E-state index in [9.17, 15) is 9.50 Å². The van der Waals surface area contributed by atoms with E-state index in [0.29, 0.717) is 19.5 Å². The molecular weight excluding hydrogens is 315 g/mol. The number of halogens is 1. The molecule has 0 amide bonds. The van der Waals surface area contributed by atoms with Gasteiger partial charge in [0.05, 0.1) is 6.07 Å². The molecule has 3 nitrogen and oxygen atoms in total. The molecule has 2 aromatic rings. The zero-order valence-electron chi connectivity index (χ0n) is 14.5. The highest BCUT2D eigenvalue weighted by Crippen LogP contribution is 2.37. The van der Waals surface area contributed by atoms with E-state index in [4.69, 9.17) is 5.26 Å². The van der Waals surface area contributed by atoms with Gasteiger partial charge >= 0.3 is 0 Å². The minimum absolute atomic E-state index is 0.242. The van der Waals surface area contributed by atoms with Crippen molar-refractivity contribution >= 4 is 0 Å². The number of phenols is 1. The van der Waals surface area contributed by atoms with Gasteiger partial charge in [0.1, 0.15) is 11.9 Å². The van der Waals surface area contributed by atoms with Crippen molar-refractivity contribution in [3.8, 4) is 22.9 Å². The van der Waals surface area contributed by atoms with E-state index in [2.05, 4.69) is 11.0 Å². The van der Waals surface area contributed by atoms with Crippen molar-refractivity contribution in [3.63, 3.8) is 0 Å². The topological polar surface area (TPSA) is 47.3 Å². The first kappa shape index (κ1) is 17.4. The van der Waals surface area contributed by atoms with Gasteiger partial charge in [-0.1, -0.05) is 49.4 Å². The molecular formula is C21H23FN2O. The molecule has 0 aromatic heterocycles. The van der Waals surface area contributed by atoms with Gasteiger partial charge in [0.2, 0.25) is 0 Å². The van der Waals surface area contributed by atoms with E-state index in [1.807, 2.05) is 49.4 Å². The van der Waals surface area contributed by atoms with E-state index in [1.165, 1.54) is 0 Å². The maximum atomic E-state index is 14.5. The third-order valence-electron chi connectivity index (χ3n) is 5.21. The van der Waals surface area contributed by atoms with Gasteiger partial charge in [-0.05, 0) is 30.2 Å². The molecule has 0 radical (unpaired) electrons. The van der Waals surface area contributed by atoms with Crippen LogP contribution in [0.25, 0.3) is 11.1 Å². The van der Waals surface area contributed by atoms with Gasteiger partial charge in [-0.3, -0.25) is 4.90 Å². The largest absolute Gasteiger partial charge is 0.507 e. The van der Waals surface area contributed by atoms with E-state index >= 15 is 0 Å². The molecule has 0 spiro atoms. The van der Waals surface area contributed by atoms with Crippen molar-refractivity contribution in [1.82, 2.24) is 4.90 Å². The summed E-state index contributed by atoms with van der Waals surface area (Å²) in [5.74, 6) is 0.242. The Balaban J connectivity index is 1.69. The van der Waals surface area contributed by atoms with Crippen LogP contribution in [0.4, 0.5) is 4.39 Å². The molecule has 2 aromatic carbocycles. The van der Waals surface area contributed by atoms with Gasteiger partial charge in [0, 0.05) is 30.5 Å². The Morgan fingerprint density at radius 3 is 2.68 bits per heavy atom. The Bertz CT molecular complexity index is 771. The lowest BCUT2D eigenvalue weighted by Crippen LogP contribution is -2.47. The van der Waals surface area contributed by atoms with Crippen molar-refractivity contribution in [2.75, 3.05) is 13.1 Å². The highest BCUT2D eigenvalue weighted by Gasteiger charge is 2.39. The number of hydrogen-bond donors (Lipinski definition) is 1. The molecule has 1 fully saturated rings. The predicted octanol–water partition coefficient (Wildman–Crippen LogP) is 4.52. The first-order valence-corrected chi connectivity index (χ1v) is 8.62. The van der Waals surface area contributed by atoms with E-state index in [-0.39, 0.29) is 12.2 Å². The van der Waals surface area contributed by atoms with Crippen LogP contribution in [0.15, 0.2) is 48.5 Å². The Hall–Kier alpha value is -2.38. The Morgan fingerprint density at radius 2 is 2.04 bits per heavy atom. The summed E-state index contributed by atoms with van der Waals surface area (Å²) in [6.07, 6.45) is -0.0669. The highest BCUT2D eigenvalue weighted by molar-refractivity contribution is 5.70. The van der Waals surface area contributed by atoms with Crippen molar-refractivity contribution in [1.29, 1.82) is 5.26 Å². The molecule has 1 aliphatic heterocycles. The molecule has 2 atom stereocenters. The molecule has 1 aliphatic rings. The second kappa shape index (κ2) is 7.25. The number of aromatic hydroxyl groups is 1. The van der Waals surface area contributed by atoms with Crippen LogP contribution >= 0.6 is 0 Å². The lowest BCUT2D eigenvalue weighted by Gasteiger charge is -2.41. The zero-order valence-corrected chi connectivity index (χ0v) is 14.5. The summed E-state index contributed by atoms with van der Waals surface area (Å²) in [6.45, 7) is 3.56. The Labute approximate surface area is 148 Å². The molecule has 0 aliphatic carbocycles. The Kier molecular flexibility index (Phi) is 5.06. The fourth-order valence-electron chi connectivity index (χ4n) is 3.43. The maximum Gasteiger partial charge on any atom is 0.123 e. The Morgan fingerprint density at radius 1 is 1.28 bits per heavy atom. The van der Waals surface area contributed by atoms with Crippen LogP contribution in [-0.4, -0.2) is 29.3 Å². The van der Waals surface area contributed by atoms with Crippen LogP contribution in [0, 0.1) is 16.7 Å². The number of benzene rings is 2. The molecule has 25 heavy (non-hydrogen) atoms. The van der Waals surface area contributed by atoms with Crippen LogP contribution in [-0.2, 0) is 6.54 Å².